The van der Waals surface area contributed by atoms with E-state index in [9.17, 15) is 9.90 Å². The second-order valence-electron chi connectivity index (χ2n) is 4.15. The molecule has 4 heteroatoms. The molecule has 16 heavy (non-hydrogen) atoms. The number of Topliss-reactive ketones (excluding diaryl/α,β-unsaturated/α-hetero) is 1. The van der Waals surface area contributed by atoms with Crippen LogP contribution in [0.4, 0.5) is 0 Å². The summed E-state index contributed by atoms with van der Waals surface area (Å²) in [4.78, 5) is 11.7. The van der Waals surface area contributed by atoms with Gasteiger partial charge in [-0.15, -0.1) is 0 Å². The molecule has 3 rings (SSSR count). The molecule has 1 aliphatic carbocycles. The number of ether oxygens (including phenoxy) is 2. The molecular weight excluding hydrogens is 208 g/mol. The number of aliphatic hydroxyl groups is 1. The summed E-state index contributed by atoms with van der Waals surface area (Å²) in [5, 5.41) is 9.86. The Balaban J connectivity index is 2.20. The molecule has 0 unspecified atom stereocenters. The number of rotatable bonds is 0. The first-order chi connectivity index (χ1) is 7.66. The number of benzene rings is 1. The zero-order valence-corrected chi connectivity index (χ0v) is 8.84. The van der Waals surface area contributed by atoms with E-state index in [0.717, 1.165) is 0 Å². The van der Waals surface area contributed by atoms with Gasteiger partial charge in [-0.25, -0.2) is 0 Å². The Kier molecular flexibility index (Phi) is 2.02. The average Bonchev–Trinajstić information content (AvgIpc) is 2.25. The molecule has 3 atom stereocenters. The minimum absolute atomic E-state index is 0.0534. The number of ketones is 1. The van der Waals surface area contributed by atoms with E-state index in [1.807, 2.05) is 0 Å². The molecule has 4 nitrogen and oxygen atoms in total. The zero-order valence-electron chi connectivity index (χ0n) is 8.84. The highest BCUT2D eigenvalue weighted by molar-refractivity contribution is 5.99. The molecule has 0 saturated carbocycles. The van der Waals surface area contributed by atoms with E-state index in [0.29, 0.717) is 16.9 Å². The van der Waals surface area contributed by atoms with E-state index in [4.69, 9.17) is 9.47 Å². The second kappa shape index (κ2) is 3.30. The number of carbonyl (C=O) groups excluding carboxylic acids is 1. The van der Waals surface area contributed by atoms with Crippen molar-refractivity contribution in [1.29, 1.82) is 0 Å². The summed E-state index contributed by atoms with van der Waals surface area (Å²) in [5.41, 5.74) is 1.31. The van der Waals surface area contributed by atoms with E-state index in [2.05, 4.69) is 0 Å². The first-order valence-corrected chi connectivity index (χ1v) is 5.33. The van der Waals surface area contributed by atoms with Crippen LogP contribution in [0.5, 0.6) is 5.75 Å². The molecule has 0 spiro atoms. The molecule has 1 heterocycles. The Morgan fingerprint density at radius 1 is 1.44 bits per heavy atom. The largest absolute Gasteiger partial charge is 0.465 e. The lowest BCUT2D eigenvalue weighted by atomic mass is 9.85. The van der Waals surface area contributed by atoms with Crippen LogP contribution in [0.3, 0.4) is 0 Å². The number of hydrogen-bond acceptors (Lipinski definition) is 4. The van der Waals surface area contributed by atoms with Crippen LogP contribution in [0.25, 0.3) is 0 Å². The molecule has 0 amide bonds. The van der Waals surface area contributed by atoms with Crippen LogP contribution in [0, 0.1) is 0 Å². The van der Waals surface area contributed by atoms with Crippen molar-refractivity contribution in [1.82, 2.24) is 0 Å². The summed E-state index contributed by atoms with van der Waals surface area (Å²) in [6.45, 7) is 1.78. The summed E-state index contributed by atoms with van der Waals surface area (Å²) in [6.07, 6.45) is -1.48. The standard InChI is InChI=1S/C12H12O4/c1-6-15-10-4-2-3-7-8(13)5-9(14)12(16-6)11(7)10/h2-4,6,9,12,14H,5H2,1H3/t6-,9-,12+/m0/s1. The smallest absolute Gasteiger partial charge is 0.197 e. The van der Waals surface area contributed by atoms with E-state index in [1.54, 1.807) is 25.1 Å². The van der Waals surface area contributed by atoms with Gasteiger partial charge in [0.1, 0.15) is 11.9 Å². The van der Waals surface area contributed by atoms with Crippen molar-refractivity contribution in [3.8, 4) is 5.75 Å². The van der Waals surface area contributed by atoms with Gasteiger partial charge >= 0.3 is 0 Å². The fourth-order valence-corrected chi connectivity index (χ4v) is 2.35. The maximum Gasteiger partial charge on any atom is 0.197 e. The van der Waals surface area contributed by atoms with Crippen molar-refractivity contribution in [2.45, 2.75) is 31.8 Å². The van der Waals surface area contributed by atoms with Gasteiger partial charge in [0.25, 0.3) is 0 Å². The van der Waals surface area contributed by atoms with Gasteiger partial charge in [0, 0.05) is 17.5 Å². The Bertz CT molecular complexity index is 454. The zero-order chi connectivity index (χ0) is 11.3. The third-order valence-corrected chi connectivity index (χ3v) is 3.03. The fraction of sp³-hybridized carbons (Fsp3) is 0.417. The van der Waals surface area contributed by atoms with Crippen LogP contribution < -0.4 is 4.74 Å². The molecule has 0 radical (unpaired) electrons. The predicted octanol–water partition coefficient (Wildman–Crippen LogP) is 1.43. The molecule has 2 aliphatic rings. The van der Waals surface area contributed by atoms with Crippen LogP contribution in [-0.2, 0) is 4.74 Å². The van der Waals surface area contributed by atoms with Crippen molar-refractivity contribution in [2.24, 2.45) is 0 Å². The molecule has 1 aliphatic heterocycles. The molecule has 1 N–H and O–H groups in total. The highest BCUT2D eigenvalue weighted by Gasteiger charge is 2.40. The highest BCUT2D eigenvalue weighted by atomic mass is 16.7. The lowest BCUT2D eigenvalue weighted by molar-refractivity contribution is -0.164. The Morgan fingerprint density at radius 3 is 3.06 bits per heavy atom. The van der Waals surface area contributed by atoms with Gasteiger partial charge in [-0.3, -0.25) is 4.79 Å². The number of carbonyl (C=O) groups is 1. The summed E-state index contributed by atoms with van der Waals surface area (Å²) < 4.78 is 11.0. The van der Waals surface area contributed by atoms with Crippen LogP contribution in [0.2, 0.25) is 0 Å². The molecule has 1 aromatic carbocycles. The van der Waals surface area contributed by atoms with Gasteiger partial charge in [0.15, 0.2) is 12.1 Å². The van der Waals surface area contributed by atoms with Gasteiger partial charge in [0.2, 0.25) is 0 Å². The van der Waals surface area contributed by atoms with Crippen molar-refractivity contribution in [2.75, 3.05) is 0 Å². The Hall–Kier alpha value is -1.39. The molecule has 1 aromatic rings. The first-order valence-electron chi connectivity index (χ1n) is 5.33. The fourth-order valence-electron chi connectivity index (χ4n) is 2.35. The van der Waals surface area contributed by atoms with Crippen LogP contribution in [-0.4, -0.2) is 23.3 Å². The Labute approximate surface area is 92.8 Å². The minimum Gasteiger partial charge on any atom is -0.465 e. The lowest BCUT2D eigenvalue weighted by Crippen LogP contribution is -2.38. The minimum atomic E-state index is -0.771. The molecule has 0 aromatic heterocycles. The lowest BCUT2D eigenvalue weighted by Gasteiger charge is -2.37. The molecule has 0 saturated heterocycles. The van der Waals surface area contributed by atoms with Crippen LogP contribution in [0.15, 0.2) is 18.2 Å². The molecule has 0 fully saturated rings. The summed E-state index contributed by atoms with van der Waals surface area (Å²) in [6, 6.07) is 5.35. The van der Waals surface area contributed by atoms with Gasteiger partial charge in [0.05, 0.1) is 6.10 Å². The second-order valence-corrected chi connectivity index (χ2v) is 4.15. The van der Waals surface area contributed by atoms with Crippen molar-refractivity contribution < 1.29 is 19.4 Å². The summed E-state index contributed by atoms with van der Waals surface area (Å²) in [5.74, 6) is 0.593. The van der Waals surface area contributed by atoms with Crippen LogP contribution >= 0.6 is 0 Å². The predicted molar refractivity (Wildman–Crippen MR) is 55.3 cm³/mol. The van der Waals surface area contributed by atoms with Crippen LogP contribution in [0.1, 0.15) is 35.4 Å². The third kappa shape index (κ3) is 1.27. The maximum absolute atomic E-state index is 11.7. The van der Waals surface area contributed by atoms with Crippen molar-refractivity contribution in [3.05, 3.63) is 29.3 Å². The first kappa shape index (κ1) is 9.81. The third-order valence-electron chi connectivity index (χ3n) is 3.03. The van der Waals surface area contributed by atoms with E-state index >= 15 is 0 Å². The quantitative estimate of drug-likeness (QED) is 0.718. The Morgan fingerprint density at radius 2 is 2.25 bits per heavy atom. The van der Waals surface area contributed by atoms with Crippen molar-refractivity contribution in [3.63, 3.8) is 0 Å². The maximum atomic E-state index is 11.7. The summed E-state index contributed by atoms with van der Waals surface area (Å²) in [7, 11) is 0. The SMILES string of the molecule is C[C@H]1Oc2cccc3c2[C@H](O1)[C@@H](O)CC3=O. The van der Waals surface area contributed by atoms with Gasteiger partial charge in [-0.1, -0.05) is 12.1 Å². The molecule has 0 bridgehead atoms. The van der Waals surface area contributed by atoms with Gasteiger partial charge in [-0.05, 0) is 13.0 Å². The molecular formula is C12H12O4. The summed E-state index contributed by atoms with van der Waals surface area (Å²) >= 11 is 0. The van der Waals surface area contributed by atoms with Gasteiger partial charge in [-0.2, -0.15) is 0 Å². The molecule has 84 valence electrons. The number of hydrogen-bond donors (Lipinski definition) is 1. The van der Waals surface area contributed by atoms with Crippen molar-refractivity contribution >= 4 is 5.78 Å². The van der Waals surface area contributed by atoms with E-state index in [1.165, 1.54) is 0 Å². The highest BCUT2D eigenvalue weighted by Crippen LogP contribution is 2.42. The average molecular weight is 220 g/mol. The van der Waals surface area contributed by atoms with E-state index < -0.39 is 18.5 Å². The van der Waals surface area contributed by atoms with E-state index in [-0.39, 0.29) is 12.2 Å². The number of aliphatic hydroxyl groups excluding tert-OH is 1. The topological polar surface area (TPSA) is 55.8 Å². The monoisotopic (exact) mass is 220 g/mol. The normalized spacial score (nSPS) is 31.9. The van der Waals surface area contributed by atoms with Gasteiger partial charge < -0.3 is 14.6 Å².